The van der Waals surface area contributed by atoms with Crippen LogP contribution in [0.5, 0.6) is 11.5 Å². The monoisotopic (exact) mass is 241 g/mol. The van der Waals surface area contributed by atoms with Crippen molar-refractivity contribution >= 4 is 0 Å². The summed E-state index contributed by atoms with van der Waals surface area (Å²) in [5.41, 5.74) is 7.02. The SMILES string of the molecule is COc1cc(OC)c(CC(C)(C)N)cc1CF. The predicted molar refractivity (Wildman–Crippen MR) is 66.3 cm³/mol. The fraction of sp³-hybridized carbons (Fsp3) is 0.538. The number of alkyl halides is 1. The van der Waals surface area contributed by atoms with Crippen molar-refractivity contribution in [3.63, 3.8) is 0 Å². The van der Waals surface area contributed by atoms with Crippen LogP contribution in [0.3, 0.4) is 0 Å². The number of ether oxygens (including phenoxy) is 2. The summed E-state index contributed by atoms with van der Waals surface area (Å²) < 4.78 is 23.3. The zero-order chi connectivity index (χ0) is 13.1. The van der Waals surface area contributed by atoms with Crippen molar-refractivity contribution in [3.05, 3.63) is 23.3 Å². The average molecular weight is 241 g/mol. The van der Waals surface area contributed by atoms with Gasteiger partial charge >= 0.3 is 0 Å². The molecular weight excluding hydrogens is 221 g/mol. The maximum absolute atomic E-state index is 12.9. The maximum Gasteiger partial charge on any atom is 0.128 e. The van der Waals surface area contributed by atoms with Gasteiger partial charge in [0.15, 0.2) is 0 Å². The van der Waals surface area contributed by atoms with Gasteiger partial charge in [-0.1, -0.05) is 0 Å². The van der Waals surface area contributed by atoms with Gasteiger partial charge in [-0.15, -0.1) is 0 Å². The molecule has 0 fully saturated rings. The minimum Gasteiger partial charge on any atom is -0.496 e. The van der Waals surface area contributed by atoms with Crippen molar-refractivity contribution < 1.29 is 13.9 Å². The maximum atomic E-state index is 12.9. The van der Waals surface area contributed by atoms with Crippen molar-refractivity contribution in [3.8, 4) is 11.5 Å². The zero-order valence-corrected chi connectivity index (χ0v) is 10.8. The number of hydrogen-bond donors (Lipinski definition) is 1. The van der Waals surface area contributed by atoms with Crippen LogP contribution in [0.25, 0.3) is 0 Å². The first-order valence-corrected chi connectivity index (χ1v) is 5.50. The summed E-state index contributed by atoms with van der Waals surface area (Å²) in [6.45, 7) is 3.28. The molecule has 2 N–H and O–H groups in total. The van der Waals surface area contributed by atoms with E-state index in [0.717, 1.165) is 5.56 Å². The molecule has 17 heavy (non-hydrogen) atoms. The van der Waals surface area contributed by atoms with E-state index in [1.165, 1.54) is 7.11 Å². The van der Waals surface area contributed by atoms with Crippen LogP contribution < -0.4 is 15.2 Å². The second-order valence-corrected chi connectivity index (χ2v) is 4.77. The van der Waals surface area contributed by atoms with E-state index in [-0.39, 0.29) is 5.54 Å². The molecule has 0 spiro atoms. The minimum absolute atomic E-state index is 0.366. The third kappa shape index (κ3) is 3.60. The molecule has 1 aromatic rings. The van der Waals surface area contributed by atoms with E-state index in [0.29, 0.717) is 23.5 Å². The highest BCUT2D eigenvalue weighted by Gasteiger charge is 2.17. The number of rotatable bonds is 5. The third-order valence-electron chi connectivity index (χ3n) is 2.47. The Bertz CT molecular complexity index is 386. The Morgan fingerprint density at radius 1 is 1.12 bits per heavy atom. The predicted octanol–water partition coefficient (Wildman–Crippen LogP) is 2.45. The molecule has 4 heteroatoms. The summed E-state index contributed by atoms with van der Waals surface area (Å²) in [4.78, 5) is 0. The number of methoxy groups -OCH3 is 2. The molecule has 3 nitrogen and oxygen atoms in total. The van der Waals surface area contributed by atoms with Crippen LogP contribution in [0.15, 0.2) is 12.1 Å². The lowest BCUT2D eigenvalue weighted by molar-refractivity contribution is 0.375. The molecule has 0 radical (unpaired) electrons. The molecule has 0 atom stereocenters. The molecule has 0 aromatic heterocycles. The largest absolute Gasteiger partial charge is 0.496 e. The van der Waals surface area contributed by atoms with Crippen LogP contribution in [0.1, 0.15) is 25.0 Å². The molecule has 0 aliphatic carbocycles. The van der Waals surface area contributed by atoms with Crippen LogP contribution in [0.2, 0.25) is 0 Å². The standard InChI is InChI=1S/C13H20FNO2/c1-13(2,15)7-9-5-10(8-14)12(17-4)6-11(9)16-3/h5-6H,7-8,15H2,1-4H3. The van der Waals surface area contributed by atoms with E-state index in [9.17, 15) is 4.39 Å². The summed E-state index contributed by atoms with van der Waals surface area (Å²) in [6.07, 6.45) is 0.618. The molecule has 0 saturated heterocycles. The lowest BCUT2D eigenvalue weighted by atomic mass is 9.94. The number of hydrogen-bond acceptors (Lipinski definition) is 3. The van der Waals surface area contributed by atoms with Crippen LogP contribution >= 0.6 is 0 Å². The smallest absolute Gasteiger partial charge is 0.128 e. The number of nitrogens with two attached hydrogens (primary N) is 1. The summed E-state index contributed by atoms with van der Waals surface area (Å²) in [7, 11) is 3.09. The molecule has 0 heterocycles. The van der Waals surface area contributed by atoms with E-state index in [4.69, 9.17) is 15.2 Å². The highest BCUT2D eigenvalue weighted by Crippen LogP contribution is 2.31. The second kappa shape index (κ2) is 5.36. The first-order chi connectivity index (χ1) is 7.91. The van der Waals surface area contributed by atoms with Gasteiger partial charge in [0.1, 0.15) is 18.2 Å². The van der Waals surface area contributed by atoms with Crippen LogP contribution in [-0.2, 0) is 13.1 Å². The Labute approximate surface area is 102 Å². The fourth-order valence-electron chi connectivity index (χ4n) is 1.77. The summed E-state index contributed by atoms with van der Waals surface area (Å²) >= 11 is 0. The summed E-state index contributed by atoms with van der Waals surface area (Å²) in [6, 6.07) is 3.46. The molecule has 0 bridgehead atoms. The Hall–Kier alpha value is -1.29. The van der Waals surface area contributed by atoms with Crippen LogP contribution in [0.4, 0.5) is 4.39 Å². The highest BCUT2D eigenvalue weighted by molar-refractivity contribution is 5.47. The molecule has 0 aliphatic rings. The third-order valence-corrected chi connectivity index (χ3v) is 2.47. The molecule has 0 saturated carbocycles. The van der Waals surface area contributed by atoms with E-state index in [1.807, 2.05) is 13.8 Å². The Morgan fingerprint density at radius 2 is 1.65 bits per heavy atom. The topological polar surface area (TPSA) is 44.5 Å². The zero-order valence-electron chi connectivity index (χ0n) is 10.8. The van der Waals surface area contributed by atoms with E-state index in [1.54, 1.807) is 19.2 Å². The van der Waals surface area contributed by atoms with E-state index in [2.05, 4.69) is 0 Å². The fourth-order valence-corrected chi connectivity index (χ4v) is 1.77. The van der Waals surface area contributed by atoms with Gasteiger partial charge in [0.2, 0.25) is 0 Å². The molecule has 0 aliphatic heterocycles. The quantitative estimate of drug-likeness (QED) is 0.861. The van der Waals surface area contributed by atoms with Gasteiger partial charge in [-0.05, 0) is 31.9 Å². The Kier molecular flexibility index (Phi) is 4.34. The Balaban J connectivity index is 3.19. The van der Waals surface area contributed by atoms with Crippen molar-refractivity contribution in [2.45, 2.75) is 32.5 Å². The van der Waals surface area contributed by atoms with E-state index >= 15 is 0 Å². The van der Waals surface area contributed by atoms with Gasteiger partial charge in [-0.2, -0.15) is 0 Å². The average Bonchev–Trinajstić information content (AvgIpc) is 2.26. The molecule has 1 rings (SSSR count). The van der Waals surface area contributed by atoms with Gasteiger partial charge in [0.25, 0.3) is 0 Å². The molecule has 0 amide bonds. The first-order valence-electron chi connectivity index (χ1n) is 5.50. The molecule has 1 aromatic carbocycles. The Morgan fingerprint density at radius 3 is 2.06 bits per heavy atom. The first kappa shape index (κ1) is 13.8. The van der Waals surface area contributed by atoms with Gasteiger partial charge in [-0.3, -0.25) is 0 Å². The van der Waals surface area contributed by atoms with Crippen LogP contribution in [0, 0.1) is 0 Å². The van der Waals surface area contributed by atoms with Crippen molar-refractivity contribution in [2.24, 2.45) is 5.73 Å². The lowest BCUT2D eigenvalue weighted by Crippen LogP contribution is -2.34. The highest BCUT2D eigenvalue weighted by atomic mass is 19.1. The molecule has 96 valence electrons. The number of benzene rings is 1. The van der Waals surface area contributed by atoms with Crippen molar-refractivity contribution in [1.82, 2.24) is 0 Å². The summed E-state index contributed by atoms with van der Waals surface area (Å²) in [5, 5.41) is 0. The van der Waals surface area contributed by atoms with Gasteiger partial charge in [0.05, 0.1) is 14.2 Å². The lowest BCUT2D eigenvalue weighted by Gasteiger charge is -2.21. The van der Waals surface area contributed by atoms with Gasteiger partial charge in [0, 0.05) is 17.2 Å². The summed E-state index contributed by atoms with van der Waals surface area (Å²) in [5.74, 6) is 1.18. The van der Waals surface area contributed by atoms with Crippen LogP contribution in [-0.4, -0.2) is 19.8 Å². The molecule has 0 unspecified atom stereocenters. The van der Waals surface area contributed by atoms with Crippen molar-refractivity contribution in [2.75, 3.05) is 14.2 Å². The minimum atomic E-state index is -0.564. The van der Waals surface area contributed by atoms with E-state index < -0.39 is 6.67 Å². The van der Waals surface area contributed by atoms with Gasteiger partial charge < -0.3 is 15.2 Å². The van der Waals surface area contributed by atoms with Crippen molar-refractivity contribution in [1.29, 1.82) is 0 Å². The second-order valence-electron chi connectivity index (χ2n) is 4.77. The molecular formula is C13H20FNO2. The van der Waals surface area contributed by atoms with Gasteiger partial charge in [-0.25, -0.2) is 4.39 Å². The normalized spacial score (nSPS) is 11.4. The number of halogens is 1.